The number of rotatable bonds is 5. The first-order valence-electron chi connectivity index (χ1n) is 7.68. The van der Waals surface area contributed by atoms with Gasteiger partial charge >= 0.3 is 0 Å². The number of thiazole rings is 1. The molecule has 1 amide bonds. The van der Waals surface area contributed by atoms with Gasteiger partial charge in [-0.25, -0.2) is 9.97 Å². The fourth-order valence-electron chi connectivity index (χ4n) is 2.24. The highest BCUT2D eigenvalue weighted by Crippen LogP contribution is 2.27. The van der Waals surface area contributed by atoms with Crippen molar-refractivity contribution in [3.63, 3.8) is 0 Å². The Hall–Kier alpha value is -2.93. The summed E-state index contributed by atoms with van der Waals surface area (Å²) in [4.78, 5) is 21.8. The zero-order chi connectivity index (χ0) is 17.8. The number of ether oxygens (including phenoxy) is 1. The molecule has 0 bridgehead atoms. The van der Waals surface area contributed by atoms with Crippen LogP contribution in [0.5, 0.6) is 5.75 Å². The molecule has 0 aliphatic carbocycles. The normalized spacial score (nSPS) is 10.4. The standard InChI is InChI=1S/C18H18N4O2S/c1-11-5-4-10-19-16(11)22-18-20-12(2)15(25-18)17(23)21-13-6-8-14(24-3)9-7-13/h4-10H,1-3H3,(H,21,23)(H,19,20,22). The third kappa shape index (κ3) is 3.95. The Morgan fingerprint density at radius 3 is 2.60 bits per heavy atom. The molecule has 7 heteroatoms. The monoisotopic (exact) mass is 354 g/mol. The van der Waals surface area contributed by atoms with Crippen molar-refractivity contribution >= 4 is 33.9 Å². The molecule has 2 N–H and O–H groups in total. The minimum atomic E-state index is -0.189. The minimum absolute atomic E-state index is 0.189. The molecule has 0 saturated heterocycles. The van der Waals surface area contributed by atoms with E-state index in [1.54, 1.807) is 37.6 Å². The molecule has 128 valence electrons. The van der Waals surface area contributed by atoms with E-state index < -0.39 is 0 Å². The average Bonchev–Trinajstić information content (AvgIpc) is 2.98. The van der Waals surface area contributed by atoms with Gasteiger partial charge in [0.1, 0.15) is 16.4 Å². The van der Waals surface area contributed by atoms with Crippen LogP contribution in [0.3, 0.4) is 0 Å². The summed E-state index contributed by atoms with van der Waals surface area (Å²) in [6.07, 6.45) is 1.72. The number of amides is 1. The van der Waals surface area contributed by atoms with Crippen molar-refractivity contribution in [1.29, 1.82) is 0 Å². The van der Waals surface area contributed by atoms with Gasteiger partial charge in [0.15, 0.2) is 5.13 Å². The zero-order valence-corrected chi connectivity index (χ0v) is 15.0. The maximum Gasteiger partial charge on any atom is 0.267 e. The maximum absolute atomic E-state index is 12.5. The number of nitrogens with one attached hydrogen (secondary N) is 2. The number of aromatic nitrogens is 2. The van der Waals surface area contributed by atoms with Crippen LogP contribution in [0, 0.1) is 13.8 Å². The Morgan fingerprint density at radius 2 is 1.92 bits per heavy atom. The van der Waals surface area contributed by atoms with Gasteiger partial charge in [0.2, 0.25) is 0 Å². The largest absolute Gasteiger partial charge is 0.497 e. The highest BCUT2D eigenvalue weighted by atomic mass is 32.1. The third-order valence-corrected chi connectivity index (χ3v) is 4.66. The Morgan fingerprint density at radius 1 is 1.16 bits per heavy atom. The van der Waals surface area contributed by atoms with Crippen LogP contribution in [0.15, 0.2) is 42.6 Å². The summed E-state index contributed by atoms with van der Waals surface area (Å²) in [5, 5.41) is 6.68. The van der Waals surface area contributed by atoms with Gasteiger partial charge in [-0.2, -0.15) is 0 Å². The fraction of sp³-hybridized carbons (Fsp3) is 0.167. The Labute approximate surface area is 149 Å². The first-order chi connectivity index (χ1) is 12.1. The van der Waals surface area contributed by atoms with Crippen LogP contribution in [-0.4, -0.2) is 23.0 Å². The summed E-state index contributed by atoms with van der Waals surface area (Å²) < 4.78 is 5.11. The number of carbonyl (C=O) groups excluding carboxylic acids is 1. The number of benzene rings is 1. The number of aryl methyl sites for hydroxylation is 2. The Bertz CT molecular complexity index is 890. The molecule has 0 fully saturated rings. The van der Waals surface area contributed by atoms with Crippen LogP contribution in [-0.2, 0) is 0 Å². The first kappa shape index (κ1) is 16.9. The highest BCUT2D eigenvalue weighted by molar-refractivity contribution is 7.17. The van der Waals surface area contributed by atoms with Crippen molar-refractivity contribution < 1.29 is 9.53 Å². The number of nitrogens with zero attached hydrogens (tertiary/aromatic N) is 2. The van der Waals surface area contributed by atoms with Crippen molar-refractivity contribution in [3.8, 4) is 5.75 Å². The van der Waals surface area contributed by atoms with E-state index in [1.165, 1.54) is 11.3 Å². The second-order valence-electron chi connectivity index (χ2n) is 5.41. The lowest BCUT2D eigenvalue weighted by molar-refractivity contribution is 0.103. The van der Waals surface area contributed by atoms with Gasteiger partial charge in [-0.15, -0.1) is 0 Å². The van der Waals surface area contributed by atoms with Gasteiger partial charge in [0.05, 0.1) is 12.8 Å². The maximum atomic E-state index is 12.5. The summed E-state index contributed by atoms with van der Waals surface area (Å²) in [6.45, 7) is 3.78. The van der Waals surface area contributed by atoms with E-state index in [4.69, 9.17) is 4.74 Å². The van der Waals surface area contributed by atoms with Gasteiger partial charge < -0.3 is 15.4 Å². The van der Waals surface area contributed by atoms with Gasteiger partial charge in [-0.1, -0.05) is 17.4 Å². The van der Waals surface area contributed by atoms with Crippen molar-refractivity contribution in [2.75, 3.05) is 17.7 Å². The topological polar surface area (TPSA) is 76.1 Å². The highest BCUT2D eigenvalue weighted by Gasteiger charge is 2.16. The van der Waals surface area contributed by atoms with Gasteiger partial charge in [0.25, 0.3) is 5.91 Å². The van der Waals surface area contributed by atoms with Crippen LogP contribution in [0.4, 0.5) is 16.6 Å². The van der Waals surface area contributed by atoms with Crippen LogP contribution in [0.1, 0.15) is 20.9 Å². The van der Waals surface area contributed by atoms with E-state index in [-0.39, 0.29) is 5.91 Å². The third-order valence-electron chi connectivity index (χ3n) is 3.59. The molecule has 0 saturated carbocycles. The zero-order valence-electron chi connectivity index (χ0n) is 14.2. The van der Waals surface area contributed by atoms with Crippen LogP contribution < -0.4 is 15.4 Å². The fourth-order valence-corrected chi connectivity index (χ4v) is 3.10. The Balaban J connectivity index is 1.75. The van der Waals surface area contributed by atoms with E-state index in [0.717, 1.165) is 17.1 Å². The lowest BCUT2D eigenvalue weighted by atomic mass is 10.3. The molecule has 25 heavy (non-hydrogen) atoms. The molecule has 1 aromatic carbocycles. The second-order valence-corrected chi connectivity index (χ2v) is 6.41. The van der Waals surface area contributed by atoms with Crippen molar-refractivity contribution in [1.82, 2.24) is 9.97 Å². The van der Waals surface area contributed by atoms with Crippen molar-refractivity contribution in [2.45, 2.75) is 13.8 Å². The first-order valence-corrected chi connectivity index (χ1v) is 8.50. The number of pyridine rings is 1. The SMILES string of the molecule is COc1ccc(NC(=O)c2sc(Nc3ncccc3C)nc2C)cc1. The molecule has 2 aromatic heterocycles. The molecule has 0 spiro atoms. The molecule has 0 unspecified atom stereocenters. The quantitative estimate of drug-likeness (QED) is 0.719. The van der Waals surface area contributed by atoms with E-state index in [9.17, 15) is 4.79 Å². The van der Waals surface area contributed by atoms with E-state index in [0.29, 0.717) is 21.4 Å². The molecule has 0 radical (unpaired) electrons. The van der Waals surface area contributed by atoms with E-state index in [1.807, 2.05) is 26.0 Å². The van der Waals surface area contributed by atoms with Gasteiger partial charge in [0, 0.05) is 11.9 Å². The molecule has 6 nitrogen and oxygen atoms in total. The smallest absolute Gasteiger partial charge is 0.267 e. The van der Waals surface area contributed by atoms with E-state index in [2.05, 4.69) is 20.6 Å². The summed E-state index contributed by atoms with van der Waals surface area (Å²) in [7, 11) is 1.60. The van der Waals surface area contributed by atoms with Crippen molar-refractivity contribution in [3.05, 3.63) is 58.7 Å². The predicted molar refractivity (Wildman–Crippen MR) is 100 cm³/mol. The summed E-state index contributed by atoms with van der Waals surface area (Å²) in [5.74, 6) is 1.29. The van der Waals surface area contributed by atoms with Crippen LogP contribution in [0.2, 0.25) is 0 Å². The molecular formula is C18H18N4O2S. The molecule has 0 atom stereocenters. The van der Waals surface area contributed by atoms with Crippen LogP contribution >= 0.6 is 11.3 Å². The van der Waals surface area contributed by atoms with Crippen molar-refractivity contribution in [2.24, 2.45) is 0 Å². The Kier molecular flexibility index (Phi) is 4.95. The average molecular weight is 354 g/mol. The molecule has 3 rings (SSSR count). The van der Waals surface area contributed by atoms with Gasteiger partial charge in [-0.3, -0.25) is 4.79 Å². The minimum Gasteiger partial charge on any atom is -0.497 e. The molecule has 2 heterocycles. The lowest BCUT2D eigenvalue weighted by Crippen LogP contribution is -2.11. The molecule has 0 aliphatic rings. The second kappa shape index (κ2) is 7.31. The summed E-state index contributed by atoms with van der Waals surface area (Å²) in [5.41, 5.74) is 2.39. The number of methoxy groups -OCH3 is 1. The molecular weight excluding hydrogens is 336 g/mol. The lowest BCUT2D eigenvalue weighted by Gasteiger charge is -2.05. The number of hydrogen-bond donors (Lipinski definition) is 2. The summed E-state index contributed by atoms with van der Waals surface area (Å²) in [6, 6.07) is 11.0. The van der Waals surface area contributed by atoms with Crippen LogP contribution in [0.25, 0.3) is 0 Å². The predicted octanol–water partition coefficient (Wildman–Crippen LogP) is 4.16. The number of hydrogen-bond acceptors (Lipinski definition) is 6. The van der Waals surface area contributed by atoms with E-state index >= 15 is 0 Å². The number of anilines is 3. The number of carbonyl (C=O) groups is 1. The summed E-state index contributed by atoms with van der Waals surface area (Å²) >= 11 is 1.30. The molecule has 0 aliphatic heterocycles. The molecule has 3 aromatic rings. The van der Waals surface area contributed by atoms with Gasteiger partial charge in [-0.05, 0) is 49.7 Å².